The molecule has 10 nitrogen and oxygen atoms in total. The Morgan fingerprint density at radius 2 is 1.82 bits per heavy atom. The molecule has 1 aromatic carbocycles. The van der Waals surface area contributed by atoms with Crippen LogP contribution in [0.5, 0.6) is 0 Å². The van der Waals surface area contributed by atoms with Gasteiger partial charge >= 0.3 is 0 Å². The summed E-state index contributed by atoms with van der Waals surface area (Å²) in [6, 6.07) is 9.54. The summed E-state index contributed by atoms with van der Waals surface area (Å²) in [6.45, 7) is 7.00. The van der Waals surface area contributed by atoms with E-state index in [1.54, 1.807) is 6.08 Å². The number of carbonyl (C=O) groups excluding carboxylic acids is 1. The lowest BCUT2D eigenvalue weighted by Gasteiger charge is -2.34. The fraction of sp³-hybridized carbons (Fsp3) is 0.464. The number of piperazine rings is 1. The summed E-state index contributed by atoms with van der Waals surface area (Å²) < 4.78 is 1.82. The summed E-state index contributed by atoms with van der Waals surface area (Å²) in [5.74, 6) is 0.716. The molecule has 1 saturated heterocycles. The Hall–Kier alpha value is -3.31. The van der Waals surface area contributed by atoms with Crippen molar-refractivity contribution in [3.8, 4) is 0 Å². The van der Waals surface area contributed by atoms with E-state index < -0.39 is 0 Å². The SMILES string of the molecule is O=C(/C=C/CCN1CCN(CCO)CC1)N1CCc2c(cn3ncnc(N[C@H](CO)c4ccccc4)c23)C1. The average molecular weight is 520 g/mol. The van der Waals surface area contributed by atoms with Crippen molar-refractivity contribution < 1.29 is 15.0 Å². The van der Waals surface area contributed by atoms with Crippen molar-refractivity contribution in [2.45, 2.75) is 25.4 Å². The zero-order valence-corrected chi connectivity index (χ0v) is 21.7. The molecule has 5 rings (SSSR count). The van der Waals surface area contributed by atoms with Crippen LogP contribution < -0.4 is 5.32 Å². The van der Waals surface area contributed by atoms with E-state index in [1.165, 1.54) is 6.33 Å². The topological polar surface area (TPSA) is 109 Å². The van der Waals surface area contributed by atoms with E-state index in [1.807, 2.05) is 52.0 Å². The van der Waals surface area contributed by atoms with Crippen molar-refractivity contribution in [2.24, 2.45) is 0 Å². The maximum absolute atomic E-state index is 12.9. The van der Waals surface area contributed by atoms with E-state index in [2.05, 4.69) is 25.2 Å². The maximum atomic E-state index is 12.9. The van der Waals surface area contributed by atoms with Gasteiger partial charge in [-0.15, -0.1) is 0 Å². The van der Waals surface area contributed by atoms with E-state index in [0.717, 1.165) is 74.3 Å². The third-order valence-corrected chi connectivity index (χ3v) is 7.52. The number of hydrogen-bond donors (Lipinski definition) is 3. The van der Waals surface area contributed by atoms with Crippen molar-refractivity contribution in [1.29, 1.82) is 0 Å². The third-order valence-electron chi connectivity index (χ3n) is 7.52. The van der Waals surface area contributed by atoms with Crippen LogP contribution in [0.4, 0.5) is 5.82 Å². The van der Waals surface area contributed by atoms with E-state index in [-0.39, 0.29) is 25.2 Å². The van der Waals surface area contributed by atoms with Gasteiger partial charge in [0.2, 0.25) is 5.91 Å². The van der Waals surface area contributed by atoms with Gasteiger partial charge in [0.15, 0.2) is 5.82 Å². The van der Waals surface area contributed by atoms with Gasteiger partial charge in [0.25, 0.3) is 0 Å². The molecule has 2 aliphatic rings. The lowest BCUT2D eigenvalue weighted by atomic mass is 10.0. The van der Waals surface area contributed by atoms with Crippen LogP contribution in [0.3, 0.4) is 0 Å². The summed E-state index contributed by atoms with van der Waals surface area (Å²) in [5, 5.41) is 26.9. The van der Waals surface area contributed by atoms with Crippen LogP contribution in [-0.2, 0) is 17.8 Å². The lowest BCUT2D eigenvalue weighted by molar-refractivity contribution is -0.126. The fourth-order valence-electron chi connectivity index (χ4n) is 5.37. The van der Waals surface area contributed by atoms with Crippen LogP contribution in [0, 0.1) is 0 Å². The largest absolute Gasteiger partial charge is 0.395 e. The van der Waals surface area contributed by atoms with Crippen LogP contribution in [0.2, 0.25) is 0 Å². The Morgan fingerprint density at radius 3 is 2.55 bits per heavy atom. The molecule has 38 heavy (non-hydrogen) atoms. The van der Waals surface area contributed by atoms with E-state index in [0.29, 0.717) is 18.9 Å². The molecule has 0 unspecified atom stereocenters. The van der Waals surface area contributed by atoms with Crippen molar-refractivity contribution in [3.63, 3.8) is 0 Å². The molecule has 10 heteroatoms. The number of amides is 1. The van der Waals surface area contributed by atoms with Crippen LogP contribution >= 0.6 is 0 Å². The molecular weight excluding hydrogens is 482 g/mol. The van der Waals surface area contributed by atoms with Crippen LogP contribution in [0.15, 0.2) is 55.0 Å². The maximum Gasteiger partial charge on any atom is 0.246 e. The Balaban J connectivity index is 1.19. The Bertz CT molecular complexity index is 1240. The number of nitrogens with zero attached hydrogens (tertiary/aromatic N) is 6. The number of β-amino-alcohol motifs (C(OH)–C–C–N with tert-alkyl or cyclic N) is 1. The molecule has 0 bridgehead atoms. The minimum Gasteiger partial charge on any atom is -0.395 e. The zero-order valence-electron chi connectivity index (χ0n) is 21.7. The predicted molar refractivity (Wildman–Crippen MR) is 146 cm³/mol. The van der Waals surface area contributed by atoms with E-state index in [9.17, 15) is 9.90 Å². The molecule has 1 fully saturated rings. The molecule has 0 aliphatic carbocycles. The van der Waals surface area contributed by atoms with Gasteiger partial charge in [-0.2, -0.15) is 5.10 Å². The average Bonchev–Trinajstić information content (AvgIpc) is 3.34. The van der Waals surface area contributed by atoms with E-state index >= 15 is 0 Å². The van der Waals surface area contributed by atoms with Gasteiger partial charge in [0, 0.05) is 58.6 Å². The molecule has 0 spiro atoms. The Morgan fingerprint density at radius 1 is 1.05 bits per heavy atom. The number of benzene rings is 1. The third kappa shape index (κ3) is 6.05. The number of rotatable bonds is 10. The minimum absolute atomic E-state index is 0.0347. The number of aliphatic hydroxyl groups is 2. The second-order valence-electron chi connectivity index (χ2n) is 9.93. The first-order valence-electron chi connectivity index (χ1n) is 13.4. The Kier molecular flexibility index (Phi) is 8.65. The monoisotopic (exact) mass is 519 g/mol. The molecule has 0 radical (unpaired) electrons. The molecule has 3 N–H and O–H groups in total. The molecule has 2 aromatic heterocycles. The van der Waals surface area contributed by atoms with Gasteiger partial charge in [-0.05, 0) is 35.6 Å². The normalized spacial score (nSPS) is 17.7. The molecule has 202 valence electrons. The quantitative estimate of drug-likeness (QED) is 0.344. The summed E-state index contributed by atoms with van der Waals surface area (Å²) >= 11 is 0. The van der Waals surface area contributed by atoms with Gasteiger partial charge in [-0.25, -0.2) is 9.50 Å². The van der Waals surface area contributed by atoms with E-state index in [4.69, 9.17) is 5.11 Å². The molecule has 1 atom stereocenters. The van der Waals surface area contributed by atoms with Crippen molar-refractivity contribution in [1.82, 2.24) is 29.3 Å². The standard InChI is InChI=1S/C28H37N7O3/c36-17-16-33-14-12-32(13-15-33)10-5-4-8-26(38)34-11-9-24-23(18-34)19-35-27(24)28(29-21-30-35)31-25(20-37)22-6-2-1-3-7-22/h1-4,6-8,19,21,25,36-37H,5,9-18,20H2,(H,29,30,31)/b8-4+/t25-/m1/s1. The zero-order chi connectivity index (χ0) is 26.3. The summed E-state index contributed by atoms with van der Waals surface area (Å²) in [5.41, 5.74) is 4.10. The number of carbonyl (C=O) groups is 1. The predicted octanol–water partition coefficient (Wildman–Crippen LogP) is 1.32. The first-order chi connectivity index (χ1) is 18.7. The molecule has 1 amide bonds. The van der Waals surface area contributed by atoms with Gasteiger partial charge in [0.05, 0.1) is 19.3 Å². The minimum atomic E-state index is -0.281. The molecule has 0 saturated carbocycles. The van der Waals surface area contributed by atoms with Gasteiger partial charge < -0.3 is 25.3 Å². The number of nitrogens with one attached hydrogen (secondary N) is 1. The second kappa shape index (κ2) is 12.5. The smallest absolute Gasteiger partial charge is 0.246 e. The molecule has 4 heterocycles. The highest BCUT2D eigenvalue weighted by atomic mass is 16.3. The number of anilines is 1. The van der Waals surface area contributed by atoms with Crippen LogP contribution in [0.25, 0.3) is 5.52 Å². The van der Waals surface area contributed by atoms with Crippen molar-refractivity contribution in [2.75, 3.05) is 64.3 Å². The fourth-order valence-corrected chi connectivity index (χ4v) is 5.37. The first kappa shape index (κ1) is 26.3. The highest BCUT2D eigenvalue weighted by Gasteiger charge is 2.25. The van der Waals surface area contributed by atoms with Crippen molar-refractivity contribution in [3.05, 3.63) is 71.7 Å². The molecular formula is C28H37N7O3. The Labute approximate surface area is 223 Å². The summed E-state index contributed by atoms with van der Waals surface area (Å²) in [7, 11) is 0. The highest BCUT2D eigenvalue weighted by molar-refractivity contribution is 5.88. The molecule has 3 aromatic rings. The number of fused-ring (bicyclic) bond motifs is 3. The number of aromatic nitrogens is 3. The van der Waals surface area contributed by atoms with Crippen molar-refractivity contribution >= 4 is 17.2 Å². The van der Waals surface area contributed by atoms with Gasteiger partial charge in [-0.1, -0.05) is 36.4 Å². The lowest BCUT2D eigenvalue weighted by Crippen LogP contribution is -2.47. The first-order valence-corrected chi connectivity index (χ1v) is 13.4. The van der Waals surface area contributed by atoms with Gasteiger partial charge in [-0.3, -0.25) is 9.69 Å². The number of aliphatic hydroxyl groups excluding tert-OH is 2. The highest BCUT2D eigenvalue weighted by Crippen LogP contribution is 2.30. The number of hydrogen-bond acceptors (Lipinski definition) is 8. The summed E-state index contributed by atoms with van der Waals surface area (Å²) in [4.78, 5) is 24.0. The van der Waals surface area contributed by atoms with Crippen LogP contribution in [-0.4, -0.2) is 104 Å². The van der Waals surface area contributed by atoms with Gasteiger partial charge in [0.1, 0.15) is 11.8 Å². The van der Waals surface area contributed by atoms with Crippen LogP contribution in [0.1, 0.15) is 29.2 Å². The second-order valence-corrected chi connectivity index (χ2v) is 9.93. The molecule has 2 aliphatic heterocycles. The summed E-state index contributed by atoms with van der Waals surface area (Å²) in [6.07, 6.45) is 8.76.